The maximum absolute atomic E-state index is 10.1. The van der Waals surface area contributed by atoms with Crippen molar-refractivity contribution in [2.24, 2.45) is 0 Å². The molecule has 0 unspecified atom stereocenters. The van der Waals surface area contributed by atoms with E-state index in [-0.39, 0.29) is 6.04 Å². The first-order chi connectivity index (χ1) is 8.24. The largest absolute Gasteiger partial charge is 0.390 e. The Morgan fingerprint density at radius 2 is 2.18 bits per heavy atom. The molecule has 0 saturated heterocycles. The average molecular weight is 247 g/mol. The van der Waals surface area contributed by atoms with E-state index in [0.29, 0.717) is 6.42 Å². The molecule has 1 aliphatic rings. The van der Waals surface area contributed by atoms with Crippen LogP contribution in [0, 0.1) is 6.92 Å². The molecule has 5 heteroatoms. The number of nitrogens with one attached hydrogen (secondary N) is 1. The van der Waals surface area contributed by atoms with Gasteiger partial charge in [-0.3, -0.25) is 0 Å². The van der Waals surface area contributed by atoms with Crippen molar-refractivity contribution in [1.82, 2.24) is 10.2 Å². The molecule has 1 heterocycles. The van der Waals surface area contributed by atoms with E-state index in [2.05, 4.69) is 27.6 Å². The summed E-state index contributed by atoms with van der Waals surface area (Å²) in [5.74, 6) is 0. The standard InChI is InChI=1S/C12H13N3OS/c1-7-14-15-12(17-7)13-11-9-5-3-2-4-8(9)6-10(11)16/h2-5,10-11,16H,6H2,1H3,(H,13,15)/t10-,11+/m1/s1. The van der Waals surface area contributed by atoms with Crippen molar-refractivity contribution in [3.05, 3.63) is 40.4 Å². The molecule has 0 amide bonds. The van der Waals surface area contributed by atoms with Crippen LogP contribution in [-0.4, -0.2) is 21.4 Å². The summed E-state index contributed by atoms with van der Waals surface area (Å²) in [4.78, 5) is 0. The summed E-state index contributed by atoms with van der Waals surface area (Å²) in [5.41, 5.74) is 2.37. The van der Waals surface area contributed by atoms with E-state index in [1.54, 1.807) is 0 Å². The lowest BCUT2D eigenvalue weighted by Gasteiger charge is -2.16. The van der Waals surface area contributed by atoms with Crippen LogP contribution in [0.2, 0.25) is 0 Å². The molecular weight excluding hydrogens is 234 g/mol. The molecule has 88 valence electrons. The topological polar surface area (TPSA) is 58.0 Å². The molecule has 2 N–H and O–H groups in total. The predicted molar refractivity (Wildman–Crippen MR) is 67.2 cm³/mol. The molecule has 0 spiro atoms. The average Bonchev–Trinajstić information content (AvgIpc) is 2.85. The maximum Gasteiger partial charge on any atom is 0.206 e. The van der Waals surface area contributed by atoms with Crippen molar-refractivity contribution in [2.45, 2.75) is 25.5 Å². The van der Waals surface area contributed by atoms with E-state index in [9.17, 15) is 5.11 Å². The van der Waals surface area contributed by atoms with E-state index in [1.807, 2.05) is 19.1 Å². The Morgan fingerprint density at radius 1 is 1.35 bits per heavy atom. The summed E-state index contributed by atoms with van der Waals surface area (Å²) in [7, 11) is 0. The highest BCUT2D eigenvalue weighted by atomic mass is 32.1. The van der Waals surface area contributed by atoms with Crippen molar-refractivity contribution in [3.63, 3.8) is 0 Å². The van der Waals surface area contributed by atoms with Crippen LogP contribution in [0.1, 0.15) is 22.2 Å². The van der Waals surface area contributed by atoms with Gasteiger partial charge in [-0.25, -0.2) is 0 Å². The highest BCUT2D eigenvalue weighted by Crippen LogP contribution is 2.34. The van der Waals surface area contributed by atoms with Gasteiger partial charge in [0.1, 0.15) is 5.01 Å². The zero-order chi connectivity index (χ0) is 11.8. The fourth-order valence-electron chi connectivity index (χ4n) is 2.24. The summed E-state index contributed by atoms with van der Waals surface area (Å²) in [6.45, 7) is 1.92. The molecule has 2 aromatic rings. The second kappa shape index (κ2) is 4.09. The van der Waals surface area contributed by atoms with Gasteiger partial charge in [-0.15, -0.1) is 10.2 Å². The number of aryl methyl sites for hydroxylation is 1. The van der Waals surface area contributed by atoms with Gasteiger partial charge in [0.2, 0.25) is 5.13 Å². The first-order valence-electron chi connectivity index (χ1n) is 5.56. The monoisotopic (exact) mass is 247 g/mol. The molecule has 0 bridgehead atoms. The van der Waals surface area contributed by atoms with E-state index in [1.165, 1.54) is 16.9 Å². The second-order valence-corrected chi connectivity index (χ2v) is 5.40. The lowest BCUT2D eigenvalue weighted by molar-refractivity contribution is 0.166. The van der Waals surface area contributed by atoms with Gasteiger partial charge >= 0.3 is 0 Å². The van der Waals surface area contributed by atoms with Gasteiger partial charge in [-0.1, -0.05) is 35.6 Å². The first-order valence-corrected chi connectivity index (χ1v) is 6.38. The van der Waals surface area contributed by atoms with Crippen molar-refractivity contribution >= 4 is 16.5 Å². The van der Waals surface area contributed by atoms with Crippen molar-refractivity contribution < 1.29 is 5.11 Å². The molecule has 1 aromatic carbocycles. The lowest BCUT2D eigenvalue weighted by atomic mass is 10.1. The molecule has 0 saturated carbocycles. The second-order valence-electron chi connectivity index (χ2n) is 4.22. The Bertz CT molecular complexity index is 540. The van der Waals surface area contributed by atoms with Gasteiger partial charge in [0.05, 0.1) is 12.1 Å². The Hall–Kier alpha value is -1.46. The number of anilines is 1. The first kappa shape index (κ1) is 10.7. The highest BCUT2D eigenvalue weighted by molar-refractivity contribution is 7.15. The SMILES string of the molecule is Cc1nnc(N[C@H]2c3ccccc3C[C@H]2O)s1. The van der Waals surface area contributed by atoms with Gasteiger partial charge in [-0.2, -0.15) is 0 Å². The van der Waals surface area contributed by atoms with E-state index in [4.69, 9.17) is 0 Å². The van der Waals surface area contributed by atoms with Crippen LogP contribution < -0.4 is 5.32 Å². The number of hydrogen-bond acceptors (Lipinski definition) is 5. The summed E-state index contributed by atoms with van der Waals surface area (Å²) in [6, 6.07) is 8.04. The van der Waals surface area contributed by atoms with Crippen LogP contribution in [-0.2, 0) is 6.42 Å². The Kier molecular flexibility index (Phi) is 2.57. The van der Waals surface area contributed by atoms with Gasteiger partial charge < -0.3 is 10.4 Å². The minimum atomic E-state index is -0.392. The molecule has 4 nitrogen and oxygen atoms in total. The Morgan fingerprint density at radius 3 is 2.94 bits per heavy atom. The fraction of sp³-hybridized carbons (Fsp3) is 0.333. The third-order valence-electron chi connectivity index (χ3n) is 3.01. The summed E-state index contributed by atoms with van der Waals surface area (Å²) in [6.07, 6.45) is 0.308. The molecular formula is C12H13N3OS. The van der Waals surface area contributed by atoms with Crippen molar-refractivity contribution in [2.75, 3.05) is 5.32 Å². The van der Waals surface area contributed by atoms with E-state index < -0.39 is 6.10 Å². The molecule has 1 aromatic heterocycles. The third-order valence-corrected chi connectivity index (χ3v) is 3.78. The summed E-state index contributed by atoms with van der Waals surface area (Å²) < 4.78 is 0. The van der Waals surface area contributed by atoms with Crippen LogP contribution in [0.5, 0.6) is 0 Å². The fourth-order valence-corrected chi connectivity index (χ4v) is 2.86. The smallest absolute Gasteiger partial charge is 0.206 e. The van der Waals surface area contributed by atoms with Crippen LogP contribution >= 0.6 is 11.3 Å². The molecule has 2 atom stereocenters. The summed E-state index contributed by atoms with van der Waals surface area (Å²) in [5, 5.41) is 23.0. The molecule has 0 fully saturated rings. The number of nitrogens with zero attached hydrogens (tertiary/aromatic N) is 2. The lowest BCUT2D eigenvalue weighted by Crippen LogP contribution is -2.21. The maximum atomic E-state index is 10.1. The van der Waals surface area contributed by atoms with E-state index in [0.717, 1.165) is 15.7 Å². The number of fused-ring (bicyclic) bond motifs is 1. The molecule has 1 aliphatic carbocycles. The minimum absolute atomic E-state index is 0.0708. The summed E-state index contributed by atoms with van der Waals surface area (Å²) >= 11 is 1.51. The molecule has 3 rings (SSSR count). The third kappa shape index (κ3) is 1.92. The number of aliphatic hydroxyl groups is 1. The molecule has 0 aliphatic heterocycles. The number of benzene rings is 1. The minimum Gasteiger partial charge on any atom is -0.390 e. The number of rotatable bonds is 2. The van der Waals surface area contributed by atoms with Crippen molar-refractivity contribution in [3.8, 4) is 0 Å². The zero-order valence-corrected chi connectivity index (χ0v) is 10.2. The number of aromatic nitrogens is 2. The Labute approximate surface area is 103 Å². The molecule has 0 radical (unpaired) electrons. The number of hydrogen-bond donors (Lipinski definition) is 2. The quantitative estimate of drug-likeness (QED) is 0.851. The van der Waals surface area contributed by atoms with Crippen LogP contribution in [0.25, 0.3) is 0 Å². The van der Waals surface area contributed by atoms with Crippen molar-refractivity contribution in [1.29, 1.82) is 0 Å². The van der Waals surface area contributed by atoms with Gasteiger partial charge in [0.25, 0.3) is 0 Å². The highest BCUT2D eigenvalue weighted by Gasteiger charge is 2.31. The van der Waals surface area contributed by atoms with Gasteiger partial charge in [0, 0.05) is 6.42 Å². The van der Waals surface area contributed by atoms with Gasteiger partial charge in [-0.05, 0) is 18.1 Å². The normalized spacial score (nSPS) is 22.5. The predicted octanol–water partition coefficient (Wildman–Crippen LogP) is 1.92. The Balaban J connectivity index is 1.88. The molecule has 17 heavy (non-hydrogen) atoms. The number of aliphatic hydroxyl groups excluding tert-OH is 1. The van der Waals surface area contributed by atoms with Crippen LogP contribution in [0.3, 0.4) is 0 Å². The van der Waals surface area contributed by atoms with Crippen LogP contribution in [0.15, 0.2) is 24.3 Å². The van der Waals surface area contributed by atoms with Gasteiger partial charge in [0.15, 0.2) is 0 Å². The van der Waals surface area contributed by atoms with E-state index >= 15 is 0 Å². The van der Waals surface area contributed by atoms with Crippen LogP contribution in [0.4, 0.5) is 5.13 Å². The zero-order valence-electron chi connectivity index (χ0n) is 9.42.